The Labute approximate surface area is 118 Å². The van der Waals surface area contributed by atoms with E-state index in [-0.39, 0.29) is 17.9 Å². The second-order valence-electron chi connectivity index (χ2n) is 5.10. The lowest BCUT2D eigenvalue weighted by Crippen LogP contribution is -2.30. The van der Waals surface area contributed by atoms with Gasteiger partial charge in [0.25, 0.3) is 0 Å². The van der Waals surface area contributed by atoms with Crippen LogP contribution in [-0.2, 0) is 21.1 Å². The van der Waals surface area contributed by atoms with E-state index in [1.165, 1.54) is 0 Å². The summed E-state index contributed by atoms with van der Waals surface area (Å²) in [5.41, 5.74) is 1.11. The van der Waals surface area contributed by atoms with E-state index in [1.54, 1.807) is 12.1 Å². The van der Waals surface area contributed by atoms with Gasteiger partial charge >= 0.3 is 5.97 Å². The number of aliphatic carboxylic acids is 1. The minimum absolute atomic E-state index is 0.119. The highest BCUT2D eigenvalue weighted by Gasteiger charge is 2.37. The molecule has 1 aliphatic heterocycles. The molecule has 1 unspecified atom stereocenters. The van der Waals surface area contributed by atoms with Crippen molar-refractivity contribution in [2.45, 2.75) is 42.4 Å². The van der Waals surface area contributed by atoms with Crippen LogP contribution in [-0.4, -0.2) is 37.3 Å². The van der Waals surface area contributed by atoms with Gasteiger partial charge in [-0.3, -0.25) is 4.79 Å². The van der Waals surface area contributed by atoms with Crippen molar-refractivity contribution in [2.24, 2.45) is 0 Å². The third-order valence-corrected chi connectivity index (χ3v) is 5.78. The number of hydrogen-bond acceptors (Lipinski definition) is 4. The first-order valence-electron chi connectivity index (χ1n) is 6.74. The van der Waals surface area contributed by atoms with Crippen molar-refractivity contribution < 1.29 is 18.3 Å². The van der Waals surface area contributed by atoms with Gasteiger partial charge in [-0.15, -0.1) is 0 Å². The Morgan fingerprint density at radius 1 is 1.35 bits per heavy atom. The molecule has 0 aliphatic carbocycles. The van der Waals surface area contributed by atoms with Crippen LogP contribution in [0.4, 0.5) is 0 Å². The molecule has 0 bridgehead atoms. The normalized spacial score (nSPS) is 22.9. The Kier molecular flexibility index (Phi) is 4.45. The summed E-state index contributed by atoms with van der Waals surface area (Å²) in [5.74, 6) is -0.999. The fourth-order valence-electron chi connectivity index (χ4n) is 2.45. The first-order valence-corrected chi connectivity index (χ1v) is 8.28. The lowest BCUT2D eigenvalue weighted by molar-refractivity contribution is -0.139. The fourth-order valence-corrected chi connectivity index (χ4v) is 4.12. The maximum Gasteiger partial charge on any atom is 0.320 e. The van der Waals surface area contributed by atoms with E-state index in [2.05, 4.69) is 12.2 Å². The molecule has 0 radical (unpaired) electrons. The van der Waals surface area contributed by atoms with Crippen molar-refractivity contribution in [1.82, 2.24) is 5.32 Å². The lowest BCUT2D eigenvalue weighted by atomic mass is 10.1. The third-order valence-electron chi connectivity index (χ3n) is 3.62. The molecule has 1 aromatic rings. The monoisotopic (exact) mass is 297 g/mol. The van der Waals surface area contributed by atoms with E-state index in [9.17, 15) is 13.2 Å². The second kappa shape index (κ2) is 5.93. The Hall–Kier alpha value is -1.40. The van der Waals surface area contributed by atoms with E-state index in [0.717, 1.165) is 18.4 Å². The van der Waals surface area contributed by atoms with Crippen molar-refractivity contribution in [2.75, 3.05) is 6.54 Å². The first kappa shape index (κ1) is 15.0. The van der Waals surface area contributed by atoms with Crippen LogP contribution in [0.25, 0.3) is 0 Å². The van der Waals surface area contributed by atoms with Gasteiger partial charge in [0.15, 0.2) is 9.84 Å². The summed E-state index contributed by atoms with van der Waals surface area (Å²) in [5, 5.41) is 11.0. The molecule has 110 valence electrons. The molecular formula is C14H19NO4S. The lowest BCUT2D eigenvalue weighted by Gasteiger charge is -2.11. The van der Waals surface area contributed by atoms with E-state index in [1.807, 2.05) is 12.1 Å². The van der Waals surface area contributed by atoms with Crippen LogP contribution < -0.4 is 5.32 Å². The van der Waals surface area contributed by atoms with Gasteiger partial charge in [-0.05, 0) is 30.5 Å². The Morgan fingerprint density at radius 3 is 2.50 bits per heavy atom. The number of benzene rings is 1. The summed E-state index contributed by atoms with van der Waals surface area (Å²) in [7, 11) is -3.46. The minimum Gasteiger partial charge on any atom is -0.480 e. The fraction of sp³-hybridized carbons (Fsp3) is 0.500. The predicted octanol–water partition coefficient (Wildman–Crippen LogP) is 1.23. The first-order chi connectivity index (χ1) is 9.45. The molecule has 0 aromatic heterocycles. The standard InChI is InChI=1S/C14H19NO4S/c1-2-3-10-4-6-11(7-5-10)20(18,19)12-8-13(14(16)17)15-9-12/h4-7,12-13,15H,2-3,8-9H2,1H3,(H,16,17)/t12?,13-/m0/s1. The zero-order valence-electron chi connectivity index (χ0n) is 11.4. The topological polar surface area (TPSA) is 83.5 Å². The average molecular weight is 297 g/mol. The number of nitrogens with one attached hydrogen (secondary N) is 1. The average Bonchev–Trinajstić information content (AvgIpc) is 2.90. The molecule has 1 saturated heterocycles. The quantitative estimate of drug-likeness (QED) is 0.854. The van der Waals surface area contributed by atoms with E-state index >= 15 is 0 Å². The van der Waals surface area contributed by atoms with E-state index in [0.29, 0.717) is 0 Å². The van der Waals surface area contributed by atoms with Gasteiger partial charge in [-0.25, -0.2) is 8.42 Å². The molecule has 0 amide bonds. The van der Waals surface area contributed by atoms with Crippen LogP contribution >= 0.6 is 0 Å². The highest BCUT2D eigenvalue weighted by Crippen LogP contribution is 2.23. The van der Waals surface area contributed by atoms with Crippen LogP contribution in [0, 0.1) is 0 Å². The zero-order chi connectivity index (χ0) is 14.8. The van der Waals surface area contributed by atoms with Gasteiger partial charge in [0.2, 0.25) is 0 Å². The van der Waals surface area contributed by atoms with Crippen molar-refractivity contribution in [3.05, 3.63) is 29.8 Å². The van der Waals surface area contributed by atoms with Crippen molar-refractivity contribution in [3.63, 3.8) is 0 Å². The Balaban J connectivity index is 2.16. The Bertz CT molecular complexity index is 580. The summed E-state index contributed by atoms with van der Waals surface area (Å²) < 4.78 is 24.9. The maximum atomic E-state index is 12.4. The number of aryl methyl sites for hydroxylation is 1. The molecule has 0 spiro atoms. The van der Waals surface area contributed by atoms with Gasteiger partial charge in [-0.1, -0.05) is 25.5 Å². The molecule has 5 nitrogen and oxygen atoms in total. The second-order valence-corrected chi connectivity index (χ2v) is 7.32. The highest BCUT2D eigenvalue weighted by atomic mass is 32.2. The predicted molar refractivity (Wildman–Crippen MR) is 75.5 cm³/mol. The number of carbonyl (C=O) groups is 1. The van der Waals surface area contributed by atoms with Crippen molar-refractivity contribution in [1.29, 1.82) is 0 Å². The zero-order valence-corrected chi connectivity index (χ0v) is 12.2. The summed E-state index contributed by atoms with van der Waals surface area (Å²) in [6, 6.07) is 6.12. The molecule has 1 aliphatic rings. The van der Waals surface area contributed by atoms with Crippen LogP contribution in [0.15, 0.2) is 29.2 Å². The number of sulfone groups is 1. The summed E-state index contributed by atoms with van der Waals surface area (Å²) >= 11 is 0. The largest absolute Gasteiger partial charge is 0.480 e. The van der Waals surface area contributed by atoms with Gasteiger partial charge in [0.05, 0.1) is 10.1 Å². The van der Waals surface area contributed by atoms with Crippen LogP contribution in [0.1, 0.15) is 25.3 Å². The SMILES string of the molecule is CCCc1ccc(S(=O)(=O)C2CN[C@H](C(=O)O)C2)cc1. The van der Waals surface area contributed by atoms with E-state index in [4.69, 9.17) is 5.11 Å². The molecule has 2 atom stereocenters. The molecular weight excluding hydrogens is 278 g/mol. The molecule has 6 heteroatoms. The van der Waals surface area contributed by atoms with Crippen molar-refractivity contribution in [3.8, 4) is 0 Å². The highest BCUT2D eigenvalue weighted by molar-refractivity contribution is 7.92. The Morgan fingerprint density at radius 2 is 2.00 bits per heavy atom. The van der Waals surface area contributed by atoms with Gasteiger partial charge in [-0.2, -0.15) is 0 Å². The molecule has 2 N–H and O–H groups in total. The number of carboxylic acid groups (broad SMARTS) is 1. The number of carboxylic acids is 1. The molecule has 1 heterocycles. The molecule has 2 rings (SSSR count). The van der Waals surface area contributed by atoms with Crippen LogP contribution in [0.3, 0.4) is 0 Å². The number of rotatable bonds is 5. The van der Waals surface area contributed by atoms with Gasteiger partial charge in [0, 0.05) is 6.54 Å². The molecule has 20 heavy (non-hydrogen) atoms. The number of hydrogen-bond donors (Lipinski definition) is 2. The van der Waals surface area contributed by atoms with Crippen molar-refractivity contribution >= 4 is 15.8 Å². The maximum absolute atomic E-state index is 12.4. The summed E-state index contributed by atoms with van der Waals surface area (Å²) in [4.78, 5) is 11.1. The molecule has 1 fully saturated rings. The van der Waals surface area contributed by atoms with Crippen LogP contribution in [0.2, 0.25) is 0 Å². The van der Waals surface area contributed by atoms with E-state index < -0.39 is 27.1 Å². The molecule has 1 aromatic carbocycles. The smallest absolute Gasteiger partial charge is 0.320 e. The summed E-state index contributed by atoms with van der Waals surface area (Å²) in [6.45, 7) is 2.26. The molecule has 0 saturated carbocycles. The van der Waals surface area contributed by atoms with Gasteiger partial charge < -0.3 is 10.4 Å². The summed E-state index contributed by atoms with van der Waals surface area (Å²) in [6.07, 6.45) is 2.06. The van der Waals surface area contributed by atoms with Crippen LogP contribution in [0.5, 0.6) is 0 Å². The third kappa shape index (κ3) is 3.02. The van der Waals surface area contributed by atoms with Gasteiger partial charge in [0.1, 0.15) is 6.04 Å². The minimum atomic E-state index is -3.46.